The molecule has 0 saturated carbocycles. The fourth-order valence-electron chi connectivity index (χ4n) is 3.87. The van der Waals surface area contributed by atoms with Gasteiger partial charge in [0.05, 0.1) is 6.26 Å². The quantitative estimate of drug-likeness (QED) is 0.772. The van der Waals surface area contributed by atoms with Gasteiger partial charge in [-0.1, -0.05) is 13.3 Å². The molecule has 1 saturated heterocycles. The van der Waals surface area contributed by atoms with Crippen molar-refractivity contribution in [3.8, 4) is 0 Å². The highest BCUT2D eigenvalue weighted by molar-refractivity contribution is 7.88. The summed E-state index contributed by atoms with van der Waals surface area (Å²) in [4.78, 5) is 16.9. The molecule has 0 bridgehead atoms. The summed E-state index contributed by atoms with van der Waals surface area (Å²) in [5.74, 6) is 0.0350. The number of carbonyl (C=O) groups excluding carboxylic acids is 1. The van der Waals surface area contributed by atoms with Crippen molar-refractivity contribution in [1.29, 1.82) is 0 Å². The molecule has 0 aliphatic carbocycles. The molecule has 1 aromatic rings. The molecule has 0 spiro atoms. The highest BCUT2D eigenvalue weighted by Crippen LogP contribution is 2.26. The minimum absolute atomic E-state index is 0.105. The smallest absolute Gasteiger partial charge is 0.274 e. The number of rotatable bonds is 5. The largest absolute Gasteiger partial charge is 0.335 e. The Bertz CT molecular complexity index is 745. The van der Waals surface area contributed by atoms with Gasteiger partial charge in [0, 0.05) is 49.9 Å². The molecule has 1 fully saturated rings. The molecular formula is C16H27N5O3S. The van der Waals surface area contributed by atoms with Crippen molar-refractivity contribution >= 4 is 15.9 Å². The molecule has 2 atom stereocenters. The van der Waals surface area contributed by atoms with Gasteiger partial charge in [0.15, 0.2) is 5.69 Å². The van der Waals surface area contributed by atoms with Gasteiger partial charge in [0.1, 0.15) is 0 Å². The number of sulfonamides is 1. The predicted octanol–water partition coefficient (Wildman–Crippen LogP) is 0.188. The molecule has 0 aromatic carbocycles. The summed E-state index contributed by atoms with van der Waals surface area (Å²) in [6.07, 6.45) is 3.87. The first-order valence-electron chi connectivity index (χ1n) is 8.79. The van der Waals surface area contributed by atoms with Crippen molar-refractivity contribution in [2.75, 3.05) is 32.9 Å². The number of aromatic nitrogens is 2. The van der Waals surface area contributed by atoms with Gasteiger partial charge in [-0.05, 0) is 19.4 Å². The van der Waals surface area contributed by atoms with Crippen LogP contribution in [0, 0.1) is 5.92 Å². The molecule has 1 amide bonds. The number of likely N-dealkylation sites (N-methyl/N-ethyl adjacent to an activating group) is 1. The van der Waals surface area contributed by atoms with Crippen LogP contribution in [0.25, 0.3) is 0 Å². The maximum Gasteiger partial charge on any atom is 0.274 e. The Labute approximate surface area is 149 Å². The van der Waals surface area contributed by atoms with E-state index in [1.54, 1.807) is 4.90 Å². The number of H-pyrrole nitrogens is 1. The first kappa shape index (κ1) is 18.3. The lowest BCUT2D eigenvalue weighted by Gasteiger charge is -2.23. The molecule has 25 heavy (non-hydrogen) atoms. The van der Waals surface area contributed by atoms with Gasteiger partial charge < -0.3 is 9.80 Å². The summed E-state index contributed by atoms with van der Waals surface area (Å²) in [6.45, 7) is 4.70. The Morgan fingerprint density at radius 3 is 2.84 bits per heavy atom. The van der Waals surface area contributed by atoms with Gasteiger partial charge >= 0.3 is 0 Å². The molecule has 2 aliphatic heterocycles. The SMILES string of the molecule is CCC[C@@H]1CN(C(=O)c2n[nH]c3c2CN(C)CC3)C[C@H]1NS(C)(=O)=O. The van der Waals surface area contributed by atoms with Crippen LogP contribution in [0.1, 0.15) is 41.5 Å². The first-order chi connectivity index (χ1) is 11.8. The molecule has 2 N–H and O–H groups in total. The Morgan fingerprint density at radius 2 is 2.16 bits per heavy atom. The number of fused-ring (bicyclic) bond motifs is 1. The average molecular weight is 369 g/mol. The van der Waals surface area contributed by atoms with E-state index in [0.29, 0.717) is 25.3 Å². The van der Waals surface area contributed by atoms with Crippen molar-refractivity contribution in [3.63, 3.8) is 0 Å². The minimum Gasteiger partial charge on any atom is -0.335 e. The Balaban J connectivity index is 1.78. The Morgan fingerprint density at radius 1 is 1.40 bits per heavy atom. The van der Waals surface area contributed by atoms with Crippen molar-refractivity contribution < 1.29 is 13.2 Å². The van der Waals surface area contributed by atoms with Crippen LogP contribution in [-0.2, 0) is 23.0 Å². The number of nitrogens with zero attached hydrogens (tertiary/aromatic N) is 3. The third-order valence-corrected chi connectivity index (χ3v) is 5.81. The van der Waals surface area contributed by atoms with Gasteiger partial charge in [0.2, 0.25) is 10.0 Å². The maximum absolute atomic E-state index is 13.0. The highest BCUT2D eigenvalue weighted by Gasteiger charge is 2.38. The molecule has 0 radical (unpaired) electrons. The number of likely N-dealkylation sites (tertiary alicyclic amines) is 1. The summed E-state index contributed by atoms with van der Waals surface area (Å²) < 4.78 is 26.0. The normalized spacial score (nSPS) is 24.5. The van der Waals surface area contributed by atoms with Crippen LogP contribution >= 0.6 is 0 Å². The van der Waals surface area contributed by atoms with Crippen LogP contribution in [0.4, 0.5) is 0 Å². The predicted molar refractivity (Wildman–Crippen MR) is 94.7 cm³/mol. The number of hydrogen-bond donors (Lipinski definition) is 2. The number of hydrogen-bond acceptors (Lipinski definition) is 5. The lowest BCUT2D eigenvalue weighted by Crippen LogP contribution is -2.40. The topological polar surface area (TPSA) is 98.4 Å². The van der Waals surface area contributed by atoms with E-state index in [0.717, 1.165) is 37.1 Å². The van der Waals surface area contributed by atoms with E-state index in [-0.39, 0.29) is 17.9 Å². The molecule has 1 aromatic heterocycles. The van der Waals surface area contributed by atoms with Crippen LogP contribution in [0.2, 0.25) is 0 Å². The van der Waals surface area contributed by atoms with Gasteiger partial charge in [-0.15, -0.1) is 0 Å². The summed E-state index contributed by atoms with van der Waals surface area (Å²) in [5.41, 5.74) is 2.50. The lowest BCUT2D eigenvalue weighted by molar-refractivity contribution is 0.0777. The van der Waals surface area contributed by atoms with Gasteiger partial charge in [-0.3, -0.25) is 9.89 Å². The fourth-order valence-corrected chi connectivity index (χ4v) is 4.68. The average Bonchev–Trinajstić information content (AvgIpc) is 3.10. The highest BCUT2D eigenvalue weighted by atomic mass is 32.2. The number of carbonyl (C=O) groups is 1. The van der Waals surface area contributed by atoms with E-state index in [9.17, 15) is 13.2 Å². The van der Waals surface area contributed by atoms with E-state index in [1.807, 2.05) is 7.05 Å². The molecular weight excluding hydrogens is 342 g/mol. The van der Waals surface area contributed by atoms with Crippen molar-refractivity contribution in [1.82, 2.24) is 24.7 Å². The van der Waals surface area contributed by atoms with E-state index in [4.69, 9.17) is 0 Å². The zero-order chi connectivity index (χ0) is 18.2. The second kappa shape index (κ2) is 7.05. The number of nitrogens with one attached hydrogen (secondary N) is 2. The number of amides is 1. The molecule has 3 rings (SSSR count). The molecule has 2 aliphatic rings. The van der Waals surface area contributed by atoms with Crippen LogP contribution in [0.15, 0.2) is 0 Å². The molecule has 3 heterocycles. The van der Waals surface area contributed by atoms with E-state index in [1.165, 1.54) is 6.26 Å². The summed E-state index contributed by atoms with van der Waals surface area (Å²) in [5, 5.41) is 7.27. The maximum atomic E-state index is 13.0. The van der Waals surface area contributed by atoms with Gasteiger partial charge in [0.25, 0.3) is 5.91 Å². The molecule has 140 valence electrons. The van der Waals surface area contributed by atoms with Crippen LogP contribution in [0.3, 0.4) is 0 Å². The zero-order valence-electron chi connectivity index (χ0n) is 15.1. The van der Waals surface area contributed by atoms with Crippen molar-refractivity contribution in [3.05, 3.63) is 17.0 Å². The van der Waals surface area contributed by atoms with E-state index < -0.39 is 10.0 Å². The zero-order valence-corrected chi connectivity index (χ0v) is 15.9. The number of aromatic amines is 1. The van der Waals surface area contributed by atoms with Gasteiger partial charge in [-0.2, -0.15) is 5.10 Å². The molecule has 9 heteroatoms. The lowest BCUT2D eigenvalue weighted by atomic mass is 9.99. The second-order valence-electron chi connectivity index (χ2n) is 7.27. The molecule has 0 unspecified atom stereocenters. The Hall–Kier alpha value is -1.45. The van der Waals surface area contributed by atoms with E-state index >= 15 is 0 Å². The summed E-state index contributed by atoms with van der Waals surface area (Å²) in [7, 11) is -1.27. The van der Waals surface area contributed by atoms with E-state index in [2.05, 4.69) is 26.7 Å². The Kier molecular flexibility index (Phi) is 5.17. The second-order valence-corrected chi connectivity index (χ2v) is 9.05. The van der Waals surface area contributed by atoms with Gasteiger partial charge in [-0.25, -0.2) is 13.1 Å². The monoisotopic (exact) mass is 369 g/mol. The van der Waals surface area contributed by atoms with Crippen molar-refractivity contribution in [2.24, 2.45) is 5.92 Å². The molecule has 8 nitrogen and oxygen atoms in total. The standard InChI is InChI=1S/C16H27N5O3S/c1-4-5-11-8-21(10-14(11)19-25(3,23)24)16(22)15-12-9-20(2)7-6-13(12)17-18-15/h11,14,19H,4-10H2,1-3H3,(H,17,18)/t11-,14-/m1/s1. The van der Waals surface area contributed by atoms with Crippen molar-refractivity contribution in [2.45, 2.75) is 38.8 Å². The summed E-state index contributed by atoms with van der Waals surface area (Å²) in [6, 6.07) is -0.226. The summed E-state index contributed by atoms with van der Waals surface area (Å²) >= 11 is 0. The van der Waals surface area contributed by atoms with Crippen LogP contribution in [-0.4, -0.2) is 73.3 Å². The fraction of sp³-hybridized carbons (Fsp3) is 0.750. The third-order valence-electron chi connectivity index (χ3n) is 5.08. The first-order valence-corrected chi connectivity index (χ1v) is 10.7. The van der Waals surface area contributed by atoms with Crippen LogP contribution < -0.4 is 4.72 Å². The third kappa shape index (κ3) is 4.04. The van der Waals surface area contributed by atoms with Crippen LogP contribution in [0.5, 0.6) is 0 Å². The minimum atomic E-state index is -3.30.